The minimum absolute atomic E-state index is 0. The molecule has 5 aromatic rings. The first-order valence-electron chi connectivity index (χ1n) is 13.4. The minimum atomic E-state index is -3.75. The van der Waals surface area contributed by atoms with E-state index in [4.69, 9.17) is 9.72 Å². The largest absolute Gasteiger partial charge is 0.380 e. The van der Waals surface area contributed by atoms with Crippen molar-refractivity contribution in [1.29, 1.82) is 0 Å². The Bertz CT molecular complexity index is 1670. The van der Waals surface area contributed by atoms with E-state index in [1.165, 1.54) is 20.5 Å². The van der Waals surface area contributed by atoms with Gasteiger partial charge in [0.25, 0.3) is 10.0 Å². The van der Waals surface area contributed by atoms with Gasteiger partial charge in [-0.1, -0.05) is 31.7 Å². The maximum absolute atomic E-state index is 13.7. The van der Waals surface area contributed by atoms with Gasteiger partial charge in [-0.3, -0.25) is 14.2 Å². The standard InChI is InChI=1S/C29H31N5O3S3.CH4/c1-2-37-16-15-34(40(35,36)27-12-7-17-38-27)26-10-5-8-21-18-24(32-28(21)26)29-31-19-22(39-29)20-33-14-6-11-25(33)23-9-3-4-13-30-23;/h3-5,7-10,12-13,17-19,25,32H,2,6,11,14-16,20H2,1H3;1H4. The number of sulfonamides is 1. The summed E-state index contributed by atoms with van der Waals surface area (Å²) in [7, 11) is -3.75. The van der Waals surface area contributed by atoms with Gasteiger partial charge < -0.3 is 9.72 Å². The first kappa shape index (κ1) is 29.4. The van der Waals surface area contributed by atoms with E-state index in [0.717, 1.165) is 53.2 Å². The lowest BCUT2D eigenvalue weighted by molar-refractivity contribution is 0.156. The van der Waals surface area contributed by atoms with Gasteiger partial charge in [-0.05, 0) is 62.0 Å². The van der Waals surface area contributed by atoms with Crippen LogP contribution in [0.2, 0.25) is 0 Å². The van der Waals surface area contributed by atoms with E-state index >= 15 is 0 Å². The number of thiazole rings is 1. The molecule has 1 aliphatic heterocycles. The Morgan fingerprint density at radius 1 is 1.15 bits per heavy atom. The number of nitrogens with zero attached hydrogens (tertiary/aromatic N) is 4. The summed E-state index contributed by atoms with van der Waals surface area (Å²) in [5.41, 5.74) is 3.36. The molecule has 0 bridgehead atoms. The average molecular weight is 610 g/mol. The van der Waals surface area contributed by atoms with E-state index in [0.29, 0.717) is 29.2 Å². The van der Waals surface area contributed by atoms with Crippen molar-refractivity contribution in [3.05, 3.63) is 82.9 Å². The Morgan fingerprint density at radius 3 is 2.83 bits per heavy atom. The van der Waals surface area contributed by atoms with Crippen LogP contribution in [-0.2, 0) is 21.3 Å². The fourth-order valence-electron chi connectivity index (χ4n) is 5.27. The fraction of sp³-hybridized carbons (Fsp3) is 0.333. The van der Waals surface area contributed by atoms with Crippen molar-refractivity contribution >= 4 is 49.3 Å². The average Bonchev–Trinajstić information content (AvgIpc) is 3.78. The molecule has 1 saturated heterocycles. The molecule has 1 N–H and O–H groups in total. The van der Waals surface area contributed by atoms with Crippen LogP contribution in [0.4, 0.5) is 5.69 Å². The number of hydrogen-bond donors (Lipinski definition) is 1. The SMILES string of the molecule is C.CCOCCN(c1cccc2cc(-c3ncc(CN4CCCC4c4ccccn4)s3)[nH]c12)S(=O)(=O)c1cccs1. The summed E-state index contributed by atoms with van der Waals surface area (Å²) in [5, 5.41) is 3.59. The van der Waals surface area contributed by atoms with Crippen molar-refractivity contribution in [2.45, 2.75) is 44.0 Å². The molecule has 0 aliphatic carbocycles. The summed E-state index contributed by atoms with van der Waals surface area (Å²) in [6.07, 6.45) is 6.09. The second kappa shape index (κ2) is 12.8. The smallest absolute Gasteiger partial charge is 0.273 e. The van der Waals surface area contributed by atoms with Gasteiger partial charge >= 0.3 is 0 Å². The van der Waals surface area contributed by atoms with Crippen LogP contribution in [0.3, 0.4) is 0 Å². The number of thiophene rings is 1. The topological polar surface area (TPSA) is 91.4 Å². The Labute approximate surface area is 249 Å². The molecule has 0 spiro atoms. The molecule has 1 fully saturated rings. The lowest BCUT2D eigenvalue weighted by Crippen LogP contribution is -2.34. The second-order valence-corrected chi connectivity index (χ2v) is 13.8. The first-order valence-corrected chi connectivity index (χ1v) is 16.5. The molecular formula is C30H35N5O3S3. The summed E-state index contributed by atoms with van der Waals surface area (Å²) < 4.78 is 34.6. The molecule has 0 radical (unpaired) electrons. The van der Waals surface area contributed by atoms with E-state index in [2.05, 4.69) is 27.0 Å². The number of pyridine rings is 1. The van der Waals surface area contributed by atoms with E-state index < -0.39 is 10.0 Å². The van der Waals surface area contributed by atoms with E-state index in [1.807, 2.05) is 49.6 Å². The number of likely N-dealkylation sites (tertiary alicyclic amines) is 1. The molecule has 41 heavy (non-hydrogen) atoms. The summed E-state index contributed by atoms with van der Waals surface area (Å²) in [4.78, 5) is 16.5. The number of nitrogens with one attached hydrogen (secondary N) is 1. The van der Waals surface area contributed by atoms with Gasteiger partial charge in [0.1, 0.15) is 9.22 Å². The van der Waals surface area contributed by atoms with Crippen LogP contribution in [0, 0.1) is 0 Å². The van der Waals surface area contributed by atoms with Gasteiger partial charge in [0, 0.05) is 35.8 Å². The molecule has 11 heteroatoms. The number of fused-ring (bicyclic) bond motifs is 1. The lowest BCUT2D eigenvalue weighted by Gasteiger charge is -2.24. The van der Waals surface area contributed by atoms with Crippen LogP contribution in [0.5, 0.6) is 0 Å². The van der Waals surface area contributed by atoms with Gasteiger partial charge in [0.15, 0.2) is 0 Å². The van der Waals surface area contributed by atoms with Crippen LogP contribution in [0.15, 0.2) is 76.6 Å². The van der Waals surface area contributed by atoms with Crippen molar-refractivity contribution in [3.8, 4) is 10.7 Å². The van der Waals surface area contributed by atoms with Crippen LogP contribution in [0.1, 0.15) is 43.8 Å². The summed E-state index contributed by atoms with van der Waals surface area (Å²) in [5.74, 6) is 0. The zero-order valence-corrected chi connectivity index (χ0v) is 24.6. The molecule has 4 aromatic heterocycles. The number of benzene rings is 1. The molecule has 1 aliphatic rings. The van der Waals surface area contributed by atoms with Crippen molar-refractivity contribution in [2.24, 2.45) is 0 Å². The zero-order valence-electron chi connectivity index (χ0n) is 22.2. The van der Waals surface area contributed by atoms with Gasteiger partial charge in [0.05, 0.1) is 41.8 Å². The third-order valence-corrected chi connectivity index (χ3v) is 11.3. The monoisotopic (exact) mass is 609 g/mol. The van der Waals surface area contributed by atoms with E-state index in [1.54, 1.807) is 28.8 Å². The predicted octanol–water partition coefficient (Wildman–Crippen LogP) is 6.95. The Hall–Kier alpha value is -3.09. The van der Waals surface area contributed by atoms with E-state index in [9.17, 15) is 8.42 Å². The highest BCUT2D eigenvalue weighted by atomic mass is 32.2. The molecule has 6 rings (SSSR count). The number of aromatic amines is 1. The Balaban J connectivity index is 0.00000337. The van der Waals surface area contributed by atoms with Crippen LogP contribution in [0.25, 0.3) is 21.6 Å². The van der Waals surface area contributed by atoms with Crippen LogP contribution in [-0.4, -0.2) is 54.6 Å². The lowest BCUT2D eigenvalue weighted by atomic mass is 10.1. The Morgan fingerprint density at radius 2 is 2.05 bits per heavy atom. The normalized spacial score (nSPS) is 15.8. The van der Waals surface area contributed by atoms with Crippen molar-refractivity contribution in [3.63, 3.8) is 0 Å². The highest BCUT2D eigenvalue weighted by Gasteiger charge is 2.29. The molecule has 0 amide bonds. The quantitative estimate of drug-likeness (QED) is 0.163. The second-order valence-electron chi connectivity index (χ2n) is 9.65. The Kier molecular flexibility index (Phi) is 9.20. The summed E-state index contributed by atoms with van der Waals surface area (Å²) >= 11 is 2.88. The van der Waals surface area contributed by atoms with Gasteiger partial charge in [0.2, 0.25) is 0 Å². The highest BCUT2D eigenvalue weighted by molar-refractivity contribution is 7.94. The fourth-order valence-corrected chi connectivity index (χ4v) is 8.75. The number of aromatic nitrogens is 3. The van der Waals surface area contributed by atoms with Gasteiger partial charge in [-0.15, -0.1) is 22.7 Å². The van der Waals surface area contributed by atoms with Gasteiger partial charge in [-0.2, -0.15) is 0 Å². The molecule has 1 aromatic carbocycles. The van der Waals surface area contributed by atoms with Crippen molar-refractivity contribution < 1.29 is 13.2 Å². The molecule has 8 nitrogen and oxygen atoms in total. The summed E-state index contributed by atoms with van der Waals surface area (Å²) in [6, 6.07) is 17.6. The number of hydrogen-bond acceptors (Lipinski definition) is 8. The van der Waals surface area contributed by atoms with E-state index in [-0.39, 0.29) is 14.0 Å². The molecular weight excluding hydrogens is 575 g/mol. The predicted molar refractivity (Wildman–Crippen MR) is 168 cm³/mol. The number of para-hydroxylation sites is 1. The maximum Gasteiger partial charge on any atom is 0.273 e. The molecule has 5 heterocycles. The van der Waals surface area contributed by atoms with Crippen molar-refractivity contribution in [2.75, 3.05) is 30.6 Å². The van der Waals surface area contributed by atoms with Crippen LogP contribution < -0.4 is 4.31 Å². The summed E-state index contributed by atoms with van der Waals surface area (Å²) in [6.45, 7) is 4.82. The number of rotatable bonds is 11. The number of H-pyrrole nitrogens is 1. The molecule has 216 valence electrons. The third-order valence-electron chi connectivity index (χ3n) is 7.12. The minimum Gasteiger partial charge on any atom is -0.380 e. The third kappa shape index (κ3) is 6.09. The molecule has 1 atom stereocenters. The number of ether oxygens (including phenoxy) is 1. The first-order chi connectivity index (χ1) is 19.5. The highest BCUT2D eigenvalue weighted by Crippen LogP contribution is 2.37. The van der Waals surface area contributed by atoms with Crippen LogP contribution >= 0.6 is 22.7 Å². The number of anilines is 1. The van der Waals surface area contributed by atoms with Gasteiger partial charge in [-0.25, -0.2) is 13.4 Å². The molecule has 0 saturated carbocycles. The maximum atomic E-state index is 13.7. The zero-order chi connectivity index (χ0) is 27.5. The van der Waals surface area contributed by atoms with Crippen molar-refractivity contribution in [1.82, 2.24) is 19.9 Å². The molecule has 1 unspecified atom stereocenters.